The molecule has 0 spiro atoms. The van der Waals surface area contributed by atoms with Crippen LogP contribution in [-0.2, 0) is 11.2 Å². The summed E-state index contributed by atoms with van der Waals surface area (Å²) in [6.07, 6.45) is 1.70. The first kappa shape index (κ1) is 9.58. The molecule has 70 valence electrons. The Labute approximate surface area is 76.6 Å². The van der Waals surface area contributed by atoms with E-state index in [4.69, 9.17) is 0 Å². The van der Waals surface area contributed by atoms with E-state index in [0.717, 1.165) is 6.29 Å². The molecule has 0 saturated heterocycles. The molecule has 0 atom stereocenters. The minimum absolute atomic E-state index is 0.0763. The summed E-state index contributed by atoms with van der Waals surface area (Å²) in [5.41, 5.74) is 1.16. The largest absolute Gasteiger partial charge is 0.508 e. The smallest absolute Gasteiger partial charge is 0.125 e. The van der Waals surface area contributed by atoms with Gasteiger partial charge in [-0.05, 0) is 25.0 Å². The van der Waals surface area contributed by atoms with E-state index in [9.17, 15) is 15.0 Å². The van der Waals surface area contributed by atoms with Gasteiger partial charge >= 0.3 is 0 Å². The monoisotopic (exact) mass is 180 g/mol. The van der Waals surface area contributed by atoms with Crippen molar-refractivity contribution in [3.8, 4) is 11.5 Å². The minimum atomic E-state index is 0.0763. The molecule has 0 aliphatic heterocycles. The maximum Gasteiger partial charge on any atom is 0.125 e. The van der Waals surface area contributed by atoms with Crippen LogP contribution in [0.25, 0.3) is 0 Å². The molecule has 0 radical (unpaired) electrons. The number of phenolic OH excluding ortho intramolecular Hbond substituents is 2. The molecule has 0 bridgehead atoms. The van der Waals surface area contributed by atoms with Gasteiger partial charge in [0.2, 0.25) is 0 Å². The Morgan fingerprint density at radius 3 is 2.69 bits per heavy atom. The molecular weight excluding hydrogens is 168 g/mol. The molecule has 13 heavy (non-hydrogen) atoms. The number of aromatic hydroxyl groups is 2. The second-order valence-electron chi connectivity index (χ2n) is 2.92. The van der Waals surface area contributed by atoms with E-state index in [1.807, 2.05) is 0 Å². The number of hydrogen-bond acceptors (Lipinski definition) is 3. The lowest BCUT2D eigenvalue weighted by Gasteiger charge is -2.06. The van der Waals surface area contributed by atoms with Crippen LogP contribution in [0.15, 0.2) is 12.1 Å². The average Bonchev–Trinajstić information content (AvgIpc) is 2.13. The van der Waals surface area contributed by atoms with Crippen molar-refractivity contribution in [2.24, 2.45) is 0 Å². The van der Waals surface area contributed by atoms with Gasteiger partial charge in [-0.2, -0.15) is 0 Å². The summed E-state index contributed by atoms with van der Waals surface area (Å²) in [4.78, 5) is 10.1. The maximum atomic E-state index is 10.1. The highest BCUT2D eigenvalue weighted by molar-refractivity contribution is 5.53. The van der Waals surface area contributed by atoms with Crippen molar-refractivity contribution < 1.29 is 15.0 Å². The van der Waals surface area contributed by atoms with Crippen LogP contribution in [0.3, 0.4) is 0 Å². The molecule has 0 saturated carbocycles. The molecular formula is C10H12O3. The summed E-state index contributed by atoms with van der Waals surface area (Å²) >= 11 is 0. The Morgan fingerprint density at radius 2 is 2.08 bits per heavy atom. The fraction of sp³-hybridized carbons (Fsp3) is 0.300. The van der Waals surface area contributed by atoms with E-state index in [1.165, 1.54) is 6.07 Å². The third-order valence-electron chi connectivity index (χ3n) is 2.02. The molecule has 1 rings (SSSR count). The molecule has 3 heteroatoms. The zero-order chi connectivity index (χ0) is 9.84. The van der Waals surface area contributed by atoms with Gasteiger partial charge in [0.05, 0.1) is 0 Å². The molecule has 3 nitrogen and oxygen atoms in total. The summed E-state index contributed by atoms with van der Waals surface area (Å²) in [7, 11) is 0. The first-order chi connectivity index (χ1) is 6.16. The van der Waals surface area contributed by atoms with E-state index >= 15 is 0 Å². The molecule has 0 aromatic heterocycles. The van der Waals surface area contributed by atoms with Crippen molar-refractivity contribution in [2.75, 3.05) is 0 Å². The van der Waals surface area contributed by atoms with Gasteiger partial charge in [-0.25, -0.2) is 0 Å². The van der Waals surface area contributed by atoms with Crippen molar-refractivity contribution in [1.29, 1.82) is 0 Å². The first-order valence-electron chi connectivity index (χ1n) is 4.11. The second-order valence-corrected chi connectivity index (χ2v) is 2.92. The number of benzene rings is 1. The summed E-state index contributed by atoms with van der Waals surface area (Å²) in [5.74, 6) is 0.161. The van der Waals surface area contributed by atoms with Gasteiger partial charge in [-0.1, -0.05) is 6.07 Å². The van der Waals surface area contributed by atoms with Gasteiger partial charge in [0, 0.05) is 12.0 Å². The van der Waals surface area contributed by atoms with E-state index in [1.54, 1.807) is 13.0 Å². The first-order valence-corrected chi connectivity index (χ1v) is 4.11. The Bertz CT molecular complexity index is 318. The maximum absolute atomic E-state index is 10.1. The Hall–Kier alpha value is -1.51. The van der Waals surface area contributed by atoms with Crippen LogP contribution in [0, 0.1) is 6.92 Å². The Kier molecular flexibility index (Phi) is 2.90. The normalized spacial score (nSPS) is 9.92. The van der Waals surface area contributed by atoms with Crippen molar-refractivity contribution in [3.63, 3.8) is 0 Å². The van der Waals surface area contributed by atoms with Crippen LogP contribution >= 0.6 is 0 Å². The highest BCUT2D eigenvalue weighted by Gasteiger charge is 2.07. The van der Waals surface area contributed by atoms with Crippen molar-refractivity contribution in [3.05, 3.63) is 23.3 Å². The zero-order valence-electron chi connectivity index (χ0n) is 7.45. The van der Waals surface area contributed by atoms with Gasteiger partial charge in [-0.15, -0.1) is 0 Å². The topological polar surface area (TPSA) is 57.5 Å². The standard InChI is InChI=1S/C10H12O3/c1-7-9(12)5-4-8(10(7)13)3-2-6-11/h4-6,12-13H,2-3H2,1H3. The number of carbonyl (C=O) groups is 1. The predicted octanol–water partition coefficient (Wildman–Crippen LogP) is 1.54. The van der Waals surface area contributed by atoms with Crippen LogP contribution in [0.1, 0.15) is 17.5 Å². The van der Waals surface area contributed by atoms with Crippen LogP contribution in [-0.4, -0.2) is 16.5 Å². The molecule has 0 fully saturated rings. The average molecular weight is 180 g/mol. The molecule has 1 aromatic rings. The molecule has 2 N–H and O–H groups in total. The van der Waals surface area contributed by atoms with Crippen LogP contribution in [0.4, 0.5) is 0 Å². The highest BCUT2D eigenvalue weighted by atomic mass is 16.3. The van der Waals surface area contributed by atoms with E-state index in [2.05, 4.69) is 0 Å². The third kappa shape index (κ3) is 1.99. The molecule has 1 aromatic carbocycles. The molecule has 0 aliphatic rings. The van der Waals surface area contributed by atoms with Crippen LogP contribution in [0.2, 0.25) is 0 Å². The summed E-state index contributed by atoms with van der Waals surface area (Å²) in [6.45, 7) is 1.63. The Morgan fingerprint density at radius 1 is 1.38 bits per heavy atom. The predicted molar refractivity (Wildman–Crippen MR) is 48.9 cm³/mol. The molecule has 0 unspecified atom stereocenters. The Balaban J connectivity index is 2.96. The molecule has 0 aliphatic carbocycles. The fourth-order valence-electron chi connectivity index (χ4n) is 1.16. The number of carbonyl (C=O) groups excluding carboxylic acids is 1. The number of hydrogen-bond donors (Lipinski definition) is 2. The highest BCUT2D eigenvalue weighted by Crippen LogP contribution is 2.29. The van der Waals surface area contributed by atoms with Crippen molar-refractivity contribution >= 4 is 6.29 Å². The van der Waals surface area contributed by atoms with Gasteiger partial charge in [0.15, 0.2) is 0 Å². The number of phenols is 2. The zero-order valence-corrected chi connectivity index (χ0v) is 7.45. The molecule has 0 amide bonds. The quantitative estimate of drug-likeness (QED) is 0.693. The van der Waals surface area contributed by atoms with Gasteiger partial charge in [-0.3, -0.25) is 0 Å². The number of aldehydes is 1. The van der Waals surface area contributed by atoms with Gasteiger partial charge in [0.25, 0.3) is 0 Å². The van der Waals surface area contributed by atoms with Crippen molar-refractivity contribution in [1.82, 2.24) is 0 Å². The fourth-order valence-corrected chi connectivity index (χ4v) is 1.16. The second kappa shape index (κ2) is 3.94. The lowest BCUT2D eigenvalue weighted by molar-refractivity contribution is -0.107. The van der Waals surface area contributed by atoms with Crippen LogP contribution in [0.5, 0.6) is 11.5 Å². The lowest BCUT2D eigenvalue weighted by atomic mass is 10.0. The number of rotatable bonds is 3. The lowest BCUT2D eigenvalue weighted by Crippen LogP contribution is -1.89. The SMILES string of the molecule is Cc1c(O)ccc(CCC=O)c1O. The molecule has 0 heterocycles. The minimum Gasteiger partial charge on any atom is -0.508 e. The third-order valence-corrected chi connectivity index (χ3v) is 2.02. The van der Waals surface area contributed by atoms with Gasteiger partial charge < -0.3 is 15.0 Å². The van der Waals surface area contributed by atoms with Gasteiger partial charge in [0.1, 0.15) is 17.8 Å². The summed E-state index contributed by atoms with van der Waals surface area (Å²) < 4.78 is 0. The number of aryl methyl sites for hydroxylation is 1. The summed E-state index contributed by atoms with van der Waals surface area (Å²) in [5, 5.41) is 18.7. The van der Waals surface area contributed by atoms with Crippen molar-refractivity contribution in [2.45, 2.75) is 19.8 Å². The summed E-state index contributed by atoms with van der Waals surface area (Å²) in [6, 6.07) is 3.15. The van der Waals surface area contributed by atoms with E-state index < -0.39 is 0 Å². The van der Waals surface area contributed by atoms with E-state index in [-0.39, 0.29) is 11.5 Å². The van der Waals surface area contributed by atoms with Crippen LogP contribution < -0.4 is 0 Å². The van der Waals surface area contributed by atoms with E-state index in [0.29, 0.717) is 24.0 Å².